The van der Waals surface area contributed by atoms with Crippen molar-refractivity contribution in [2.45, 2.75) is 123 Å². The third-order valence-electron chi connectivity index (χ3n) is 7.07. The van der Waals surface area contributed by atoms with Gasteiger partial charge in [-0.15, -0.1) is 0 Å². The molecule has 0 saturated heterocycles. The Kier molecular flexibility index (Phi) is 12.8. The molecule has 0 radical (unpaired) electrons. The molecule has 2 unspecified atom stereocenters. The lowest BCUT2D eigenvalue weighted by atomic mass is 9.77. The zero-order valence-corrected chi connectivity index (χ0v) is 23.0. The summed E-state index contributed by atoms with van der Waals surface area (Å²) >= 11 is 0. The number of carbonyl (C=O) groups excluding carboxylic acids is 1. The summed E-state index contributed by atoms with van der Waals surface area (Å²) in [4.78, 5) is 11.5. The molecule has 0 aromatic heterocycles. The first-order valence-electron chi connectivity index (χ1n) is 12.8. The molecule has 0 heterocycles. The van der Waals surface area contributed by atoms with E-state index < -0.39 is 8.32 Å². The van der Waals surface area contributed by atoms with Gasteiger partial charge in [0.25, 0.3) is 0 Å². The van der Waals surface area contributed by atoms with Gasteiger partial charge < -0.3 is 9.16 Å². The lowest BCUT2D eigenvalue weighted by molar-refractivity contribution is -0.144. The van der Waals surface area contributed by atoms with E-state index in [2.05, 4.69) is 71.2 Å². The molecule has 184 valence electrons. The predicted octanol–water partition coefficient (Wildman–Crippen LogP) is 8.53. The van der Waals surface area contributed by atoms with Crippen LogP contribution in [0.25, 0.3) is 0 Å². The standard InChI is InChI=1S/C28H50O3Si/c1-8-9-10-11-12-14-19-26(31-25(2)29)20-15-18-23-28(21-16-13-17-22-28)24-30-32(6,7)27(3,4)5/h13,15-16,18,20,23,26H,8-12,14,17,19,21-22,24H2,1-7H3. The van der Waals surface area contributed by atoms with Gasteiger partial charge in [0.1, 0.15) is 6.10 Å². The summed E-state index contributed by atoms with van der Waals surface area (Å²) in [6.07, 6.45) is 24.7. The van der Waals surface area contributed by atoms with Crippen molar-refractivity contribution < 1.29 is 14.0 Å². The fourth-order valence-corrected chi connectivity index (χ4v) is 4.84. The highest BCUT2D eigenvalue weighted by Crippen LogP contribution is 2.40. The molecular weight excluding hydrogens is 412 g/mol. The van der Waals surface area contributed by atoms with Crippen LogP contribution < -0.4 is 0 Å². The fourth-order valence-electron chi connectivity index (χ4n) is 3.76. The molecule has 0 N–H and O–H groups in total. The molecule has 0 bridgehead atoms. The number of carbonyl (C=O) groups is 1. The van der Waals surface area contributed by atoms with Crippen molar-refractivity contribution in [3.8, 4) is 0 Å². The largest absolute Gasteiger partial charge is 0.458 e. The van der Waals surface area contributed by atoms with E-state index in [0.717, 1.165) is 38.7 Å². The van der Waals surface area contributed by atoms with Crippen LogP contribution in [0.15, 0.2) is 36.5 Å². The Morgan fingerprint density at radius 3 is 2.38 bits per heavy atom. The predicted molar refractivity (Wildman–Crippen MR) is 140 cm³/mol. The monoisotopic (exact) mass is 462 g/mol. The zero-order chi connectivity index (χ0) is 24.1. The molecule has 1 aliphatic carbocycles. The molecule has 32 heavy (non-hydrogen) atoms. The number of hydrogen-bond donors (Lipinski definition) is 0. The van der Waals surface area contributed by atoms with E-state index in [4.69, 9.17) is 9.16 Å². The van der Waals surface area contributed by atoms with Crippen LogP contribution in [0, 0.1) is 5.41 Å². The lowest BCUT2D eigenvalue weighted by Crippen LogP contribution is -2.43. The highest BCUT2D eigenvalue weighted by atomic mass is 28.4. The first-order valence-corrected chi connectivity index (χ1v) is 15.7. The molecule has 0 aromatic carbocycles. The summed E-state index contributed by atoms with van der Waals surface area (Å²) in [5.41, 5.74) is 0.0603. The van der Waals surface area contributed by atoms with Crippen LogP contribution in [0.3, 0.4) is 0 Å². The van der Waals surface area contributed by atoms with Gasteiger partial charge in [0.15, 0.2) is 8.32 Å². The number of ether oxygens (including phenoxy) is 1. The van der Waals surface area contributed by atoms with Gasteiger partial charge in [0, 0.05) is 18.9 Å². The van der Waals surface area contributed by atoms with E-state index in [-0.39, 0.29) is 22.5 Å². The quantitative estimate of drug-likeness (QED) is 0.0853. The van der Waals surface area contributed by atoms with Crippen LogP contribution >= 0.6 is 0 Å². The Hall–Kier alpha value is -1.13. The Morgan fingerprint density at radius 1 is 1.09 bits per heavy atom. The van der Waals surface area contributed by atoms with Crippen LogP contribution in [0.1, 0.15) is 98.8 Å². The summed E-state index contributed by atoms with van der Waals surface area (Å²) in [5.74, 6) is -0.203. The van der Waals surface area contributed by atoms with Crippen molar-refractivity contribution in [2.24, 2.45) is 5.41 Å². The number of rotatable bonds is 14. The van der Waals surface area contributed by atoms with E-state index in [1.165, 1.54) is 39.0 Å². The van der Waals surface area contributed by atoms with Gasteiger partial charge in [0.2, 0.25) is 0 Å². The third-order valence-corrected chi connectivity index (χ3v) is 11.6. The van der Waals surface area contributed by atoms with Gasteiger partial charge in [-0.1, -0.05) is 90.2 Å². The van der Waals surface area contributed by atoms with Gasteiger partial charge in [0.05, 0.1) is 0 Å². The van der Waals surface area contributed by atoms with Crippen LogP contribution in [0.5, 0.6) is 0 Å². The number of allylic oxidation sites excluding steroid dienone is 4. The van der Waals surface area contributed by atoms with Crippen LogP contribution in [0.2, 0.25) is 18.1 Å². The summed E-state index contributed by atoms with van der Waals surface area (Å²) < 4.78 is 12.2. The Bertz CT molecular complexity index is 627. The smallest absolute Gasteiger partial charge is 0.303 e. The molecular formula is C28H50O3Si. The second-order valence-corrected chi connectivity index (χ2v) is 15.9. The molecule has 0 amide bonds. The van der Waals surface area contributed by atoms with Crippen molar-refractivity contribution in [3.63, 3.8) is 0 Å². The maximum Gasteiger partial charge on any atom is 0.303 e. The molecule has 0 spiro atoms. The van der Waals surface area contributed by atoms with Crippen molar-refractivity contribution in [2.75, 3.05) is 6.61 Å². The summed E-state index contributed by atoms with van der Waals surface area (Å²) in [6.45, 7) is 16.1. The first kappa shape index (κ1) is 28.9. The van der Waals surface area contributed by atoms with Crippen LogP contribution in [-0.4, -0.2) is 27.0 Å². The lowest BCUT2D eigenvalue weighted by Gasteiger charge is -2.41. The minimum absolute atomic E-state index is 0.0603. The molecule has 1 aliphatic rings. The second-order valence-electron chi connectivity index (χ2n) is 11.1. The Morgan fingerprint density at radius 2 is 1.78 bits per heavy atom. The van der Waals surface area contributed by atoms with Crippen molar-refractivity contribution in [3.05, 3.63) is 36.5 Å². The van der Waals surface area contributed by atoms with Gasteiger partial charge in [-0.3, -0.25) is 4.79 Å². The number of hydrogen-bond acceptors (Lipinski definition) is 3. The van der Waals surface area contributed by atoms with E-state index >= 15 is 0 Å². The van der Waals surface area contributed by atoms with Gasteiger partial charge >= 0.3 is 5.97 Å². The molecule has 3 nitrogen and oxygen atoms in total. The van der Waals surface area contributed by atoms with Gasteiger partial charge in [-0.2, -0.15) is 0 Å². The third kappa shape index (κ3) is 11.1. The minimum atomic E-state index is -1.78. The second kappa shape index (κ2) is 14.2. The van der Waals surface area contributed by atoms with Gasteiger partial charge in [-0.05, 0) is 56.3 Å². The van der Waals surface area contributed by atoms with Crippen LogP contribution in [-0.2, 0) is 14.0 Å². The highest BCUT2D eigenvalue weighted by molar-refractivity contribution is 6.74. The van der Waals surface area contributed by atoms with E-state index in [0.29, 0.717) is 0 Å². The topological polar surface area (TPSA) is 35.5 Å². The number of esters is 1. The molecule has 2 atom stereocenters. The Labute approximate surface area is 199 Å². The average Bonchev–Trinajstić information content (AvgIpc) is 2.71. The molecule has 0 aromatic rings. The first-order chi connectivity index (χ1) is 15.0. The average molecular weight is 463 g/mol. The molecule has 1 rings (SSSR count). The van der Waals surface area contributed by atoms with Crippen LogP contribution in [0.4, 0.5) is 0 Å². The highest BCUT2D eigenvalue weighted by Gasteiger charge is 2.39. The van der Waals surface area contributed by atoms with E-state index in [1.54, 1.807) is 0 Å². The SMILES string of the molecule is CCCCCCCCC(C=CC=CC1(CO[Si](C)(C)C(C)(C)C)CC=CCC1)OC(C)=O. The molecule has 0 saturated carbocycles. The van der Waals surface area contributed by atoms with Crippen molar-refractivity contribution in [1.29, 1.82) is 0 Å². The van der Waals surface area contributed by atoms with Gasteiger partial charge in [-0.25, -0.2) is 0 Å². The van der Waals surface area contributed by atoms with Crippen molar-refractivity contribution >= 4 is 14.3 Å². The molecule has 4 heteroatoms. The molecule has 0 aliphatic heterocycles. The normalized spacial score (nSPS) is 20.8. The maximum absolute atomic E-state index is 11.5. The van der Waals surface area contributed by atoms with E-state index in [9.17, 15) is 4.79 Å². The Balaban J connectivity index is 2.71. The maximum atomic E-state index is 11.5. The summed E-state index contributed by atoms with van der Waals surface area (Å²) in [5, 5.41) is 0.218. The van der Waals surface area contributed by atoms with E-state index in [1.807, 2.05) is 6.08 Å². The van der Waals surface area contributed by atoms with Crippen molar-refractivity contribution in [1.82, 2.24) is 0 Å². The molecule has 0 fully saturated rings. The summed E-state index contributed by atoms with van der Waals surface area (Å²) in [6, 6.07) is 0. The summed E-state index contributed by atoms with van der Waals surface area (Å²) in [7, 11) is -1.78. The minimum Gasteiger partial charge on any atom is -0.458 e. The fraction of sp³-hybridized carbons (Fsp3) is 0.750. The zero-order valence-electron chi connectivity index (χ0n) is 22.0. The number of unbranched alkanes of at least 4 members (excludes halogenated alkanes) is 5.